The largest absolute Gasteiger partial charge is 0.497 e. The van der Waals surface area contributed by atoms with Crippen molar-refractivity contribution < 1.29 is 23.5 Å². The molecule has 0 bridgehead atoms. The van der Waals surface area contributed by atoms with Crippen LogP contribution in [-0.2, 0) is 16.1 Å². The maximum absolute atomic E-state index is 12.8. The van der Waals surface area contributed by atoms with E-state index >= 15 is 0 Å². The number of carbonyl (C=O) groups excluding carboxylic acids is 2. The van der Waals surface area contributed by atoms with Crippen LogP contribution in [0.5, 0.6) is 11.5 Å². The summed E-state index contributed by atoms with van der Waals surface area (Å²) in [5.74, 6) is 0.0190. The van der Waals surface area contributed by atoms with Crippen LogP contribution < -0.4 is 20.1 Å². The van der Waals surface area contributed by atoms with E-state index in [1.165, 1.54) is 19.2 Å². The Hall–Kier alpha value is -3.09. The van der Waals surface area contributed by atoms with Gasteiger partial charge in [0, 0.05) is 12.6 Å². The zero-order chi connectivity index (χ0) is 18.1. The summed E-state index contributed by atoms with van der Waals surface area (Å²) < 4.78 is 23.2. The lowest BCUT2D eigenvalue weighted by Crippen LogP contribution is -2.38. The lowest BCUT2D eigenvalue weighted by molar-refractivity contribution is -0.127. The second-order valence-corrected chi connectivity index (χ2v) is 5.15. The first-order valence-corrected chi connectivity index (χ1v) is 7.61. The van der Waals surface area contributed by atoms with Gasteiger partial charge in [-0.25, -0.2) is 4.39 Å². The number of halogens is 1. The van der Waals surface area contributed by atoms with Crippen LogP contribution >= 0.6 is 0 Å². The zero-order valence-electron chi connectivity index (χ0n) is 13.8. The molecule has 0 aliphatic heterocycles. The Morgan fingerprint density at radius 2 is 1.72 bits per heavy atom. The molecule has 0 heterocycles. The van der Waals surface area contributed by atoms with Crippen LogP contribution in [0.1, 0.15) is 5.56 Å². The first kappa shape index (κ1) is 18.3. The quantitative estimate of drug-likeness (QED) is 0.762. The summed E-state index contributed by atoms with van der Waals surface area (Å²) in [6.45, 7) is -0.116. The number of hydrogen-bond acceptors (Lipinski definition) is 4. The highest BCUT2D eigenvalue weighted by atomic mass is 19.1. The van der Waals surface area contributed by atoms with Gasteiger partial charge in [-0.3, -0.25) is 9.59 Å². The van der Waals surface area contributed by atoms with E-state index in [9.17, 15) is 14.0 Å². The topological polar surface area (TPSA) is 76.7 Å². The van der Waals surface area contributed by atoms with E-state index in [0.717, 1.165) is 5.56 Å². The number of ether oxygens (including phenoxy) is 2. The Kier molecular flexibility index (Phi) is 6.76. The number of methoxy groups -OCH3 is 1. The molecule has 0 radical (unpaired) electrons. The van der Waals surface area contributed by atoms with Crippen molar-refractivity contribution in [2.24, 2.45) is 0 Å². The smallest absolute Gasteiger partial charge is 0.258 e. The van der Waals surface area contributed by atoms with Gasteiger partial charge in [-0.2, -0.15) is 0 Å². The molecule has 0 aliphatic rings. The molecule has 0 unspecified atom stereocenters. The van der Waals surface area contributed by atoms with E-state index < -0.39 is 5.91 Å². The fraction of sp³-hybridized carbons (Fsp3) is 0.222. The second kappa shape index (κ2) is 9.27. The molecule has 2 aromatic rings. The Morgan fingerprint density at radius 1 is 1.00 bits per heavy atom. The Labute approximate surface area is 144 Å². The van der Waals surface area contributed by atoms with Crippen LogP contribution in [0.4, 0.5) is 4.39 Å². The molecule has 2 amide bonds. The number of carbonyl (C=O) groups is 2. The average Bonchev–Trinajstić information content (AvgIpc) is 2.64. The standard InChI is InChI=1S/C18H19FN2O4/c1-24-15-3-2-4-16(9-15)25-12-18(23)21-11-17(22)20-10-13-5-7-14(19)8-6-13/h2-9H,10-12H2,1H3,(H,20,22)(H,21,23). The van der Waals surface area contributed by atoms with Crippen LogP contribution in [0.25, 0.3) is 0 Å². The van der Waals surface area contributed by atoms with Crippen molar-refractivity contribution >= 4 is 11.8 Å². The van der Waals surface area contributed by atoms with Crippen molar-refractivity contribution in [3.8, 4) is 11.5 Å². The van der Waals surface area contributed by atoms with Crippen LogP contribution in [0.2, 0.25) is 0 Å². The zero-order valence-corrected chi connectivity index (χ0v) is 13.8. The van der Waals surface area contributed by atoms with E-state index in [2.05, 4.69) is 10.6 Å². The number of nitrogens with one attached hydrogen (secondary N) is 2. The molecule has 0 atom stereocenters. The highest BCUT2D eigenvalue weighted by Gasteiger charge is 2.07. The molecule has 0 aliphatic carbocycles. The molecule has 25 heavy (non-hydrogen) atoms. The Bertz CT molecular complexity index is 719. The predicted molar refractivity (Wildman–Crippen MR) is 89.7 cm³/mol. The van der Waals surface area contributed by atoms with Crippen LogP contribution in [0.15, 0.2) is 48.5 Å². The van der Waals surface area contributed by atoms with E-state index in [4.69, 9.17) is 9.47 Å². The van der Waals surface area contributed by atoms with Gasteiger partial charge in [0.25, 0.3) is 5.91 Å². The third-order valence-electron chi connectivity index (χ3n) is 3.26. The SMILES string of the molecule is COc1cccc(OCC(=O)NCC(=O)NCc2ccc(F)cc2)c1. The third kappa shape index (κ3) is 6.50. The van der Waals surface area contributed by atoms with Gasteiger partial charge in [-0.15, -0.1) is 0 Å². The molecule has 0 aromatic heterocycles. The minimum atomic E-state index is -0.417. The van der Waals surface area contributed by atoms with Crippen molar-refractivity contribution in [1.29, 1.82) is 0 Å². The van der Waals surface area contributed by atoms with Gasteiger partial charge < -0.3 is 20.1 Å². The summed E-state index contributed by atoms with van der Waals surface area (Å²) in [4.78, 5) is 23.4. The van der Waals surface area contributed by atoms with E-state index in [1.54, 1.807) is 36.4 Å². The number of hydrogen-bond donors (Lipinski definition) is 2. The van der Waals surface area contributed by atoms with Crippen molar-refractivity contribution in [3.63, 3.8) is 0 Å². The normalized spacial score (nSPS) is 10.0. The van der Waals surface area contributed by atoms with Crippen molar-refractivity contribution in [2.75, 3.05) is 20.3 Å². The monoisotopic (exact) mass is 346 g/mol. The van der Waals surface area contributed by atoms with Gasteiger partial charge in [-0.1, -0.05) is 18.2 Å². The lowest BCUT2D eigenvalue weighted by Gasteiger charge is -2.09. The molecule has 7 heteroatoms. The molecule has 132 valence electrons. The van der Waals surface area contributed by atoms with Gasteiger partial charge in [-0.05, 0) is 29.8 Å². The van der Waals surface area contributed by atoms with E-state index in [-0.39, 0.29) is 31.4 Å². The molecule has 2 aromatic carbocycles. The van der Waals surface area contributed by atoms with Crippen molar-refractivity contribution in [1.82, 2.24) is 10.6 Å². The molecule has 0 spiro atoms. The summed E-state index contributed by atoms with van der Waals surface area (Å²) in [5, 5.41) is 5.09. The van der Waals surface area contributed by atoms with Gasteiger partial charge in [0.2, 0.25) is 5.91 Å². The van der Waals surface area contributed by atoms with Crippen molar-refractivity contribution in [3.05, 3.63) is 59.9 Å². The molecular formula is C18H19FN2O4. The maximum Gasteiger partial charge on any atom is 0.258 e. The van der Waals surface area contributed by atoms with Gasteiger partial charge in [0.05, 0.1) is 13.7 Å². The van der Waals surface area contributed by atoms with Crippen LogP contribution in [0, 0.1) is 5.82 Å². The molecule has 0 saturated heterocycles. The number of amides is 2. The highest BCUT2D eigenvalue weighted by Crippen LogP contribution is 2.18. The van der Waals surface area contributed by atoms with Gasteiger partial charge in [0.1, 0.15) is 17.3 Å². The average molecular weight is 346 g/mol. The van der Waals surface area contributed by atoms with Crippen LogP contribution in [-0.4, -0.2) is 32.1 Å². The summed E-state index contributed by atoms with van der Waals surface area (Å²) >= 11 is 0. The lowest BCUT2D eigenvalue weighted by atomic mass is 10.2. The second-order valence-electron chi connectivity index (χ2n) is 5.15. The molecule has 2 rings (SSSR count). The molecular weight excluding hydrogens is 327 g/mol. The Balaban J connectivity index is 1.66. The first-order chi connectivity index (χ1) is 12.1. The fourth-order valence-electron chi connectivity index (χ4n) is 1.94. The summed E-state index contributed by atoms with van der Waals surface area (Å²) in [7, 11) is 1.54. The van der Waals surface area contributed by atoms with Crippen molar-refractivity contribution in [2.45, 2.75) is 6.54 Å². The fourth-order valence-corrected chi connectivity index (χ4v) is 1.94. The summed E-state index contributed by atoms with van der Waals surface area (Å²) in [6.07, 6.45) is 0. The number of benzene rings is 2. The first-order valence-electron chi connectivity index (χ1n) is 7.61. The third-order valence-corrected chi connectivity index (χ3v) is 3.26. The molecule has 0 fully saturated rings. The number of rotatable bonds is 8. The minimum Gasteiger partial charge on any atom is -0.497 e. The van der Waals surface area contributed by atoms with Gasteiger partial charge >= 0.3 is 0 Å². The summed E-state index contributed by atoms with van der Waals surface area (Å²) in [5.41, 5.74) is 0.766. The summed E-state index contributed by atoms with van der Waals surface area (Å²) in [6, 6.07) is 12.7. The maximum atomic E-state index is 12.8. The molecule has 2 N–H and O–H groups in total. The molecule has 6 nitrogen and oxygen atoms in total. The predicted octanol–water partition coefficient (Wildman–Crippen LogP) is 1.65. The minimum absolute atomic E-state index is 0.165. The highest BCUT2D eigenvalue weighted by molar-refractivity contribution is 5.85. The van der Waals surface area contributed by atoms with Gasteiger partial charge in [0.15, 0.2) is 6.61 Å². The van der Waals surface area contributed by atoms with E-state index in [0.29, 0.717) is 11.5 Å². The van der Waals surface area contributed by atoms with Crippen LogP contribution in [0.3, 0.4) is 0 Å². The molecule has 0 saturated carbocycles. The Morgan fingerprint density at radius 3 is 2.44 bits per heavy atom. The van der Waals surface area contributed by atoms with E-state index in [1.807, 2.05) is 0 Å².